The lowest BCUT2D eigenvalue weighted by molar-refractivity contribution is 0.0697. The van der Waals surface area contributed by atoms with Crippen LogP contribution in [0.5, 0.6) is 0 Å². The van der Waals surface area contributed by atoms with Gasteiger partial charge in [-0.15, -0.1) is 0 Å². The molecule has 0 bridgehead atoms. The third-order valence-corrected chi connectivity index (χ3v) is 5.56. The molecule has 0 radical (unpaired) electrons. The number of carbonyl (C=O) groups is 1. The summed E-state index contributed by atoms with van der Waals surface area (Å²) in [4.78, 5) is 10.7. The van der Waals surface area contributed by atoms with E-state index in [2.05, 4.69) is 4.72 Å². The van der Waals surface area contributed by atoms with Gasteiger partial charge in [-0.25, -0.2) is 17.9 Å². The summed E-state index contributed by atoms with van der Waals surface area (Å²) in [5.41, 5.74) is -0.292. The number of carboxylic acid groups (broad SMARTS) is 1. The molecular formula is C12H13Cl2NO4S. The lowest BCUT2D eigenvalue weighted by Gasteiger charge is -2.10. The van der Waals surface area contributed by atoms with Gasteiger partial charge in [-0.1, -0.05) is 36.5 Å². The van der Waals surface area contributed by atoms with E-state index in [0.29, 0.717) is 5.92 Å². The third-order valence-electron chi connectivity index (χ3n) is 3.29. The molecule has 20 heavy (non-hydrogen) atoms. The summed E-state index contributed by atoms with van der Waals surface area (Å²) >= 11 is 11.6. The monoisotopic (exact) mass is 337 g/mol. The zero-order chi connectivity index (χ0) is 15.1. The Morgan fingerprint density at radius 2 is 2.05 bits per heavy atom. The normalized spacial score (nSPS) is 21.8. The number of carboxylic acids is 1. The first kappa shape index (κ1) is 15.6. The molecule has 2 N–H and O–H groups in total. The van der Waals surface area contributed by atoms with Gasteiger partial charge in [-0.05, 0) is 24.5 Å². The number of sulfonamides is 1. The molecular weight excluding hydrogens is 325 g/mol. The van der Waals surface area contributed by atoms with Gasteiger partial charge in [0.15, 0.2) is 0 Å². The molecule has 2 unspecified atom stereocenters. The molecule has 2 rings (SSSR count). The predicted octanol–water partition coefficient (Wildman–Crippen LogP) is 2.77. The van der Waals surface area contributed by atoms with Crippen molar-refractivity contribution in [3.63, 3.8) is 0 Å². The lowest BCUT2D eigenvalue weighted by atomic mass is 10.2. The Hall–Kier alpha value is -0.820. The molecule has 1 aliphatic rings. The second-order valence-electron chi connectivity index (χ2n) is 4.70. The van der Waals surface area contributed by atoms with Crippen LogP contribution in [0.25, 0.3) is 0 Å². The highest BCUT2D eigenvalue weighted by Crippen LogP contribution is 2.36. The molecule has 1 aromatic carbocycles. The molecule has 1 saturated carbocycles. The molecule has 0 spiro atoms. The summed E-state index contributed by atoms with van der Waals surface area (Å²) in [6.45, 7) is 1.98. The average molecular weight is 338 g/mol. The van der Waals surface area contributed by atoms with Gasteiger partial charge in [-0.2, -0.15) is 0 Å². The Labute approximate surface area is 126 Å². The van der Waals surface area contributed by atoms with Gasteiger partial charge < -0.3 is 5.11 Å². The summed E-state index contributed by atoms with van der Waals surface area (Å²) in [5, 5.41) is 8.78. The minimum atomic E-state index is -3.85. The van der Waals surface area contributed by atoms with Crippen LogP contribution in [0.4, 0.5) is 0 Å². The Morgan fingerprint density at radius 3 is 2.55 bits per heavy atom. The molecule has 1 aliphatic carbocycles. The van der Waals surface area contributed by atoms with Crippen LogP contribution in [0.1, 0.15) is 30.1 Å². The van der Waals surface area contributed by atoms with E-state index in [-0.39, 0.29) is 26.5 Å². The summed E-state index contributed by atoms with van der Waals surface area (Å²) < 4.78 is 27.0. The smallest absolute Gasteiger partial charge is 0.337 e. The molecule has 0 amide bonds. The molecule has 5 nitrogen and oxygen atoms in total. The molecule has 0 heterocycles. The molecule has 0 aliphatic heterocycles. The van der Waals surface area contributed by atoms with Crippen LogP contribution in [0, 0.1) is 5.92 Å². The Balaban J connectivity index is 2.36. The summed E-state index contributed by atoms with van der Waals surface area (Å²) in [7, 11) is -3.85. The number of benzene rings is 1. The molecule has 8 heteroatoms. The highest BCUT2D eigenvalue weighted by molar-refractivity contribution is 7.89. The van der Waals surface area contributed by atoms with E-state index in [0.717, 1.165) is 25.0 Å². The predicted molar refractivity (Wildman–Crippen MR) is 75.9 cm³/mol. The minimum Gasteiger partial charge on any atom is -0.478 e. The summed E-state index contributed by atoms with van der Waals surface area (Å²) in [6, 6.07) is 2.01. The number of hydrogen-bond acceptors (Lipinski definition) is 3. The molecule has 0 saturated heterocycles. The first-order chi connectivity index (χ1) is 9.26. The second kappa shape index (κ2) is 5.52. The van der Waals surface area contributed by atoms with E-state index >= 15 is 0 Å². The average Bonchev–Trinajstić information content (AvgIpc) is 3.05. The third kappa shape index (κ3) is 3.09. The van der Waals surface area contributed by atoms with Crippen molar-refractivity contribution in [2.24, 2.45) is 5.92 Å². The van der Waals surface area contributed by atoms with Crippen LogP contribution in [0.2, 0.25) is 10.0 Å². The lowest BCUT2D eigenvalue weighted by Crippen LogP contribution is -2.27. The zero-order valence-corrected chi connectivity index (χ0v) is 12.9. The summed E-state index contributed by atoms with van der Waals surface area (Å²) in [6.07, 6.45) is 1.68. The van der Waals surface area contributed by atoms with Crippen molar-refractivity contribution in [1.29, 1.82) is 0 Å². The van der Waals surface area contributed by atoms with Crippen molar-refractivity contribution in [2.75, 3.05) is 0 Å². The van der Waals surface area contributed by atoms with E-state index in [9.17, 15) is 13.2 Å². The molecule has 110 valence electrons. The number of halogens is 2. The maximum Gasteiger partial charge on any atom is 0.337 e. The first-order valence-electron chi connectivity index (χ1n) is 6.01. The Bertz CT molecular complexity index is 660. The molecule has 1 fully saturated rings. The highest BCUT2D eigenvalue weighted by Gasteiger charge is 2.39. The fourth-order valence-electron chi connectivity index (χ4n) is 2.00. The molecule has 1 aromatic rings. The van der Waals surface area contributed by atoms with Gasteiger partial charge in [0.2, 0.25) is 10.0 Å². The first-order valence-corrected chi connectivity index (χ1v) is 8.24. The van der Waals surface area contributed by atoms with Crippen LogP contribution >= 0.6 is 23.2 Å². The van der Waals surface area contributed by atoms with Crippen molar-refractivity contribution in [3.8, 4) is 0 Å². The van der Waals surface area contributed by atoms with Crippen molar-refractivity contribution in [3.05, 3.63) is 27.7 Å². The van der Waals surface area contributed by atoms with Crippen molar-refractivity contribution in [1.82, 2.24) is 4.72 Å². The van der Waals surface area contributed by atoms with Crippen LogP contribution in [0.15, 0.2) is 17.0 Å². The second-order valence-corrected chi connectivity index (χ2v) is 7.20. The maximum absolute atomic E-state index is 12.2. The topological polar surface area (TPSA) is 83.5 Å². The van der Waals surface area contributed by atoms with Gasteiger partial charge >= 0.3 is 5.97 Å². The van der Waals surface area contributed by atoms with E-state index < -0.39 is 16.0 Å². The molecule has 2 atom stereocenters. The van der Waals surface area contributed by atoms with Crippen LogP contribution < -0.4 is 4.72 Å². The standard InChI is InChI=1S/C12H13Cl2NO4S/c1-2-6-3-10(6)15-20(18,19)11-4-7(12(16)17)8(13)5-9(11)14/h4-6,10,15H,2-3H2,1H3,(H,16,17). The fraction of sp³-hybridized carbons (Fsp3) is 0.417. The van der Waals surface area contributed by atoms with Gasteiger partial charge in [-0.3, -0.25) is 0 Å². The van der Waals surface area contributed by atoms with Crippen molar-refractivity contribution >= 4 is 39.2 Å². The zero-order valence-electron chi connectivity index (χ0n) is 10.6. The Morgan fingerprint density at radius 1 is 1.40 bits per heavy atom. The van der Waals surface area contributed by atoms with Crippen LogP contribution in [0.3, 0.4) is 0 Å². The van der Waals surface area contributed by atoms with Crippen molar-refractivity contribution < 1.29 is 18.3 Å². The highest BCUT2D eigenvalue weighted by atomic mass is 35.5. The van der Waals surface area contributed by atoms with E-state index in [1.165, 1.54) is 0 Å². The molecule has 0 aromatic heterocycles. The van der Waals surface area contributed by atoms with Gasteiger partial charge in [0.25, 0.3) is 0 Å². The number of nitrogens with one attached hydrogen (secondary N) is 1. The largest absolute Gasteiger partial charge is 0.478 e. The Kier molecular flexibility index (Phi) is 4.30. The van der Waals surface area contributed by atoms with E-state index in [1.54, 1.807) is 0 Å². The number of aromatic carboxylic acids is 1. The minimum absolute atomic E-state index is 0.0961. The van der Waals surface area contributed by atoms with Crippen molar-refractivity contribution in [2.45, 2.75) is 30.7 Å². The summed E-state index contributed by atoms with van der Waals surface area (Å²) in [5.74, 6) is -0.976. The van der Waals surface area contributed by atoms with E-state index in [1.807, 2.05) is 6.92 Å². The van der Waals surface area contributed by atoms with Gasteiger partial charge in [0.05, 0.1) is 15.6 Å². The van der Waals surface area contributed by atoms with Crippen LogP contribution in [-0.4, -0.2) is 25.5 Å². The quantitative estimate of drug-likeness (QED) is 0.865. The van der Waals surface area contributed by atoms with E-state index in [4.69, 9.17) is 28.3 Å². The SMILES string of the molecule is CCC1CC1NS(=O)(=O)c1cc(C(=O)O)c(Cl)cc1Cl. The number of rotatable bonds is 5. The maximum atomic E-state index is 12.2. The van der Waals surface area contributed by atoms with Gasteiger partial charge in [0, 0.05) is 6.04 Å². The van der Waals surface area contributed by atoms with Crippen LogP contribution in [-0.2, 0) is 10.0 Å². The number of hydrogen-bond donors (Lipinski definition) is 2. The van der Waals surface area contributed by atoms with Gasteiger partial charge in [0.1, 0.15) is 4.90 Å². The fourth-order valence-corrected chi connectivity index (χ4v) is 4.18.